The number of carboxylic acid groups (broad SMARTS) is 1. The van der Waals surface area contributed by atoms with E-state index in [-0.39, 0.29) is 22.0 Å². The highest BCUT2D eigenvalue weighted by molar-refractivity contribution is 8.00. The molecule has 0 spiro atoms. The van der Waals surface area contributed by atoms with Crippen molar-refractivity contribution < 1.29 is 19.6 Å². The highest BCUT2D eigenvalue weighted by Crippen LogP contribution is 2.29. The van der Waals surface area contributed by atoms with E-state index >= 15 is 0 Å². The normalized spacial score (nSPS) is 11.6. The summed E-state index contributed by atoms with van der Waals surface area (Å²) in [6.45, 7) is 0. The molecule has 1 amide bonds. The Hall–Kier alpha value is -2.58. The summed E-state index contributed by atoms with van der Waals surface area (Å²) >= 11 is 7.32. The van der Waals surface area contributed by atoms with Gasteiger partial charge in [0.1, 0.15) is 0 Å². The lowest BCUT2D eigenvalue weighted by Gasteiger charge is -2.20. The number of rotatable bonds is 8. The minimum absolute atomic E-state index is 0.0557. The van der Waals surface area contributed by atoms with Crippen LogP contribution in [0.4, 0.5) is 5.69 Å². The summed E-state index contributed by atoms with van der Waals surface area (Å²) in [7, 11) is 0. The molecule has 0 unspecified atom stereocenters. The molecule has 0 heterocycles. The highest BCUT2D eigenvalue weighted by atomic mass is 35.5. The van der Waals surface area contributed by atoms with E-state index in [2.05, 4.69) is 5.32 Å². The molecule has 0 bridgehead atoms. The van der Waals surface area contributed by atoms with Crippen molar-refractivity contribution in [1.29, 1.82) is 0 Å². The molecule has 0 fully saturated rings. The monoisotopic (exact) mass is 393 g/mol. The molecule has 0 saturated heterocycles. The summed E-state index contributed by atoms with van der Waals surface area (Å²) in [5.41, 5.74) is -0.0937. The maximum Gasteiger partial charge on any atom is 0.269 e. The predicted octanol–water partition coefficient (Wildman–Crippen LogP) is 2.34. The molecule has 136 valence electrons. The van der Waals surface area contributed by atoms with Crippen molar-refractivity contribution >= 4 is 40.9 Å². The maximum absolute atomic E-state index is 12.2. The summed E-state index contributed by atoms with van der Waals surface area (Å²) in [6, 6.07) is 11.8. The molecule has 0 aromatic heterocycles. The van der Waals surface area contributed by atoms with Gasteiger partial charge in [0.25, 0.3) is 5.69 Å². The molecule has 1 N–H and O–H groups in total. The number of aliphatic carboxylic acids is 1. The third kappa shape index (κ3) is 5.75. The Bertz CT molecular complexity index is 816. The van der Waals surface area contributed by atoms with E-state index in [9.17, 15) is 24.8 Å². The van der Waals surface area contributed by atoms with Gasteiger partial charge in [-0.3, -0.25) is 14.9 Å². The van der Waals surface area contributed by atoms with Crippen molar-refractivity contribution in [2.24, 2.45) is 0 Å². The number of nitrogens with one attached hydrogen (secondary N) is 1. The molecule has 0 aliphatic rings. The number of hydrogen-bond acceptors (Lipinski definition) is 6. The van der Waals surface area contributed by atoms with Gasteiger partial charge < -0.3 is 15.2 Å². The number of nitro groups is 1. The predicted molar refractivity (Wildman–Crippen MR) is 95.8 cm³/mol. The van der Waals surface area contributed by atoms with E-state index in [1.165, 1.54) is 23.9 Å². The summed E-state index contributed by atoms with van der Waals surface area (Å²) < 4.78 is 0. The van der Waals surface area contributed by atoms with Crippen molar-refractivity contribution in [3.8, 4) is 0 Å². The van der Waals surface area contributed by atoms with Gasteiger partial charge in [-0.05, 0) is 18.2 Å². The van der Waals surface area contributed by atoms with Crippen LogP contribution in [0.5, 0.6) is 0 Å². The SMILES string of the molecule is O=C([O-])C[C@H](NC(=O)CSc1ccccc1)c1cc([N+](=O)[O-])ccc1Cl. The van der Waals surface area contributed by atoms with Gasteiger partial charge in [0.15, 0.2) is 0 Å². The van der Waals surface area contributed by atoms with Crippen molar-refractivity contribution in [1.82, 2.24) is 5.32 Å². The fourth-order valence-electron chi connectivity index (χ4n) is 2.22. The standard InChI is InChI=1S/C17H15ClN2O5S/c18-14-7-6-11(20(24)25)8-13(14)15(9-17(22)23)19-16(21)10-26-12-4-2-1-3-5-12/h1-8,15H,9-10H2,(H,19,21)(H,22,23)/p-1/t15-/m0/s1. The van der Waals surface area contributed by atoms with Crippen molar-refractivity contribution in [3.05, 3.63) is 69.2 Å². The lowest BCUT2D eigenvalue weighted by Crippen LogP contribution is -2.35. The van der Waals surface area contributed by atoms with Crippen LogP contribution < -0.4 is 10.4 Å². The Labute approximate surface area is 158 Å². The minimum Gasteiger partial charge on any atom is -0.550 e. The Balaban J connectivity index is 2.14. The van der Waals surface area contributed by atoms with Gasteiger partial charge in [0.05, 0.1) is 16.7 Å². The number of amides is 1. The first kappa shape index (κ1) is 19.7. The Kier molecular flexibility index (Phi) is 6.99. The number of carboxylic acids is 1. The first-order valence-corrected chi connectivity index (χ1v) is 8.84. The molecule has 26 heavy (non-hydrogen) atoms. The van der Waals surface area contributed by atoms with E-state index in [1.54, 1.807) is 0 Å². The molecule has 0 aliphatic heterocycles. The van der Waals surface area contributed by atoms with Gasteiger partial charge in [0, 0.05) is 40.0 Å². The molecular formula is C17H14ClN2O5S-. The molecule has 0 aliphatic carbocycles. The Morgan fingerprint density at radius 2 is 1.88 bits per heavy atom. The molecule has 2 rings (SSSR count). The number of benzene rings is 2. The zero-order valence-corrected chi connectivity index (χ0v) is 15.0. The average molecular weight is 394 g/mol. The fraction of sp³-hybridized carbons (Fsp3) is 0.176. The van der Waals surface area contributed by atoms with E-state index in [1.807, 2.05) is 30.3 Å². The van der Waals surface area contributed by atoms with Gasteiger partial charge in [-0.2, -0.15) is 0 Å². The second-order valence-electron chi connectivity index (χ2n) is 5.26. The third-order valence-electron chi connectivity index (χ3n) is 3.38. The van der Waals surface area contributed by atoms with Crippen LogP contribution >= 0.6 is 23.4 Å². The number of nitrogens with zero attached hydrogens (tertiary/aromatic N) is 1. The number of thioether (sulfide) groups is 1. The Morgan fingerprint density at radius 1 is 1.19 bits per heavy atom. The van der Waals surface area contributed by atoms with E-state index in [4.69, 9.17) is 11.6 Å². The molecule has 7 nitrogen and oxygen atoms in total. The van der Waals surface area contributed by atoms with Crippen molar-refractivity contribution in [2.45, 2.75) is 17.4 Å². The first-order chi connectivity index (χ1) is 12.4. The molecule has 0 radical (unpaired) electrons. The first-order valence-electron chi connectivity index (χ1n) is 7.47. The number of halogens is 1. The van der Waals surface area contributed by atoms with Crippen molar-refractivity contribution in [3.63, 3.8) is 0 Å². The summed E-state index contributed by atoms with van der Waals surface area (Å²) in [6.07, 6.45) is -0.553. The second kappa shape index (κ2) is 9.21. The largest absolute Gasteiger partial charge is 0.550 e. The van der Waals surface area contributed by atoms with Crippen LogP contribution in [-0.4, -0.2) is 22.6 Å². The smallest absolute Gasteiger partial charge is 0.269 e. The molecule has 1 atom stereocenters. The summed E-state index contributed by atoms with van der Waals surface area (Å²) in [4.78, 5) is 34.4. The summed E-state index contributed by atoms with van der Waals surface area (Å²) in [5.74, 6) is -1.78. The van der Waals surface area contributed by atoms with Crippen LogP contribution in [0.1, 0.15) is 18.0 Å². The zero-order chi connectivity index (χ0) is 19.1. The number of carbonyl (C=O) groups is 2. The van der Waals surface area contributed by atoms with Crippen LogP contribution in [0.25, 0.3) is 0 Å². The summed E-state index contributed by atoms with van der Waals surface area (Å²) in [5, 5.41) is 24.6. The fourth-order valence-corrected chi connectivity index (χ4v) is 3.20. The van der Waals surface area contributed by atoms with E-state index < -0.39 is 29.3 Å². The van der Waals surface area contributed by atoms with Gasteiger partial charge in [-0.1, -0.05) is 29.8 Å². The van der Waals surface area contributed by atoms with E-state index in [0.717, 1.165) is 11.0 Å². The highest BCUT2D eigenvalue weighted by Gasteiger charge is 2.21. The van der Waals surface area contributed by atoms with Crippen LogP contribution in [0.15, 0.2) is 53.4 Å². The second-order valence-corrected chi connectivity index (χ2v) is 6.72. The van der Waals surface area contributed by atoms with E-state index in [0.29, 0.717) is 0 Å². The van der Waals surface area contributed by atoms with Gasteiger partial charge in [-0.25, -0.2) is 0 Å². The lowest BCUT2D eigenvalue weighted by atomic mass is 10.0. The average Bonchev–Trinajstić information content (AvgIpc) is 2.60. The van der Waals surface area contributed by atoms with Crippen LogP contribution in [0, 0.1) is 10.1 Å². The number of hydrogen-bond donors (Lipinski definition) is 1. The number of non-ortho nitro benzene ring substituents is 1. The van der Waals surface area contributed by atoms with Crippen LogP contribution in [-0.2, 0) is 9.59 Å². The molecule has 2 aromatic carbocycles. The lowest BCUT2D eigenvalue weighted by molar-refractivity contribution is -0.385. The van der Waals surface area contributed by atoms with Gasteiger partial charge in [-0.15, -0.1) is 11.8 Å². The molecule has 2 aromatic rings. The van der Waals surface area contributed by atoms with Crippen LogP contribution in [0.3, 0.4) is 0 Å². The maximum atomic E-state index is 12.2. The van der Waals surface area contributed by atoms with Crippen molar-refractivity contribution in [2.75, 3.05) is 5.75 Å². The topological polar surface area (TPSA) is 112 Å². The van der Waals surface area contributed by atoms with Crippen LogP contribution in [0.2, 0.25) is 5.02 Å². The molecule has 0 saturated carbocycles. The number of nitro benzene ring substituents is 1. The molecular weight excluding hydrogens is 380 g/mol. The molecule has 9 heteroatoms. The van der Waals surface area contributed by atoms with Gasteiger partial charge >= 0.3 is 0 Å². The number of carbonyl (C=O) groups excluding carboxylic acids is 2. The van der Waals surface area contributed by atoms with Gasteiger partial charge in [0.2, 0.25) is 5.91 Å². The Morgan fingerprint density at radius 3 is 2.50 bits per heavy atom. The minimum atomic E-state index is -1.41. The third-order valence-corrected chi connectivity index (χ3v) is 4.74. The quantitative estimate of drug-likeness (QED) is 0.418. The zero-order valence-electron chi connectivity index (χ0n) is 13.4.